The highest BCUT2D eigenvalue weighted by Crippen LogP contribution is 2.27. The van der Waals surface area contributed by atoms with E-state index in [0.717, 1.165) is 4.31 Å². The van der Waals surface area contributed by atoms with Crippen LogP contribution in [-0.2, 0) is 10.0 Å². The molecule has 1 aliphatic heterocycles. The molecule has 0 amide bonds. The number of rotatable bonds is 2. The number of aliphatic hydroxyl groups is 2. The number of halogens is 1. The number of hydrogen-bond acceptors (Lipinski definition) is 4. The van der Waals surface area contributed by atoms with Gasteiger partial charge in [0.25, 0.3) is 0 Å². The van der Waals surface area contributed by atoms with Crippen molar-refractivity contribution in [3.63, 3.8) is 0 Å². The Morgan fingerprint density at radius 3 is 2.39 bits per heavy atom. The molecule has 18 heavy (non-hydrogen) atoms. The summed E-state index contributed by atoms with van der Waals surface area (Å²) in [5.41, 5.74) is 0.468. The van der Waals surface area contributed by atoms with Gasteiger partial charge in [0.2, 0.25) is 10.0 Å². The minimum Gasteiger partial charge on any atom is -0.389 e. The zero-order valence-corrected chi connectivity index (χ0v) is 11.3. The average Bonchev–Trinajstić information content (AvgIpc) is 2.63. The van der Waals surface area contributed by atoms with Crippen LogP contribution in [0.15, 0.2) is 23.1 Å². The lowest BCUT2D eigenvalue weighted by atomic mass is 10.2. The highest BCUT2D eigenvalue weighted by molar-refractivity contribution is 7.89. The topological polar surface area (TPSA) is 77.8 Å². The van der Waals surface area contributed by atoms with E-state index < -0.39 is 22.2 Å². The van der Waals surface area contributed by atoms with Gasteiger partial charge in [-0.2, -0.15) is 4.31 Å². The van der Waals surface area contributed by atoms with Crippen LogP contribution in [0.2, 0.25) is 5.02 Å². The van der Waals surface area contributed by atoms with Gasteiger partial charge in [-0.25, -0.2) is 8.42 Å². The van der Waals surface area contributed by atoms with Crippen LogP contribution >= 0.6 is 11.6 Å². The van der Waals surface area contributed by atoms with Crippen molar-refractivity contribution < 1.29 is 18.6 Å². The first-order chi connectivity index (χ1) is 8.34. The summed E-state index contributed by atoms with van der Waals surface area (Å²) in [5, 5.41) is 19.2. The van der Waals surface area contributed by atoms with Crippen molar-refractivity contribution in [3.8, 4) is 0 Å². The Morgan fingerprint density at radius 2 is 1.83 bits per heavy atom. The van der Waals surface area contributed by atoms with Gasteiger partial charge in [-0.3, -0.25) is 0 Å². The van der Waals surface area contributed by atoms with Gasteiger partial charge in [0.05, 0.1) is 17.1 Å². The average molecular weight is 292 g/mol. The first-order valence-electron chi connectivity index (χ1n) is 5.45. The molecule has 0 aliphatic carbocycles. The smallest absolute Gasteiger partial charge is 0.243 e. The molecule has 1 heterocycles. The molecule has 2 atom stereocenters. The van der Waals surface area contributed by atoms with Crippen molar-refractivity contribution in [2.45, 2.75) is 24.0 Å². The molecule has 0 radical (unpaired) electrons. The van der Waals surface area contributed by atoms with Crippen molar-refractivity contribution in [3.05, 3.63) is 28.8 Å². The third kappa shape index (κ3) is 2.26. The molecule has 1 aromatic rings. The summed E-state index contributed by atoms with van der Waals surface area (Å²) in [6, 6.07) is 4.64. The second kappa shape index (κ2) is 4.79. The molecule has 1 aliphatic rings. The number of hydrogen-bond donors (Lipinski definition) is 2. The van der Waals surface area contributed by atoms with Gasteiger partial charge in [0, 0.05) is 18.1 Å². The lowest BCUT2D eigenvalue weighted by molar-refractivity contribution is 0.0572. The van der Waals surface area contributed by atoms with E-state index in [1.807, 2.05) is 0 Å². The van der Waals surface area contributed by atoms with Crippen molar-refractivity contribution >= 4 is 21.6 Å². The van der Waals surface area contributed by atoms with Crippen LogP contribution in [0.4, 0.5) is 0 Å². The lowest BCUT2D eigenvalue weighted by Crippen LogP contribution is -2.30. The molecule has 5 nitrogen and oxygen atoms in total. The summed E-state index contributed by atoms with van der Waals surface area (Å²) in [7, 11) is -3.73. The molecule has 2 unspecified atom stereocenters. The van der Waals surface area contributed by atoms with Crippen LogP contribution in [0.5, 0.6) is 0 Å². The van der Waals surface area contributed by atoms with E-state index in [4.69, 9.17) is 11.6 Å². The Balaban J connectivity index is 2.41. The molecule has 0 saturated carbocycles. The van der Waals surface area contributed by atoms with Gasteiger partial charge in [-0.15, -0.1) is 0 Å². The first-order valence-corrected chi connectivity index (χ1v) is 7.27. The standard InChI is InChI=1S/C11H14ClNO4S/c1-7-8(12)3-2-4-11(7)18(16,17)13-5-9(14)10(15)6-13/h2-4,9-10,14-15H,5-6H2,1H3. The van der Waals surface area contributed by atoms with Crippen LogP contribution in [0.25, 0.3) is 0 Å². The summed E-state index contributed by atoms with van der Waals surface area (Å²) < 4.78 is 25.8. The maximum atomic E-state index is 12.3. The predicted molar refractivity (Wildman–Crippen MR) is 67.0 cm³/mol. The predicted octanol–water partition coefficient (Wildman–Crippen LogP) is 0.375. The maximum absolute atomic E-state index is 12.3. The van der Waals surface area contributed by atoms with E-state index in [-0.39, 0.29) is 18.0 Å². The van der Waals surface area contributed by atoms with Crippen molar-refractivity contribution in [1.29, 1.82) is 0 Å². The van der Waals surface area contributed by atoms with E-state index in [0.29, 0.717) is 10.6 Å². The summed E-state index contributed by atoms with van der Waals surface area (Å²) >= 11 is 5.90. The Kier molecular flexibility index (Phi) is 3.66. The zero-order valence-electron chi connectivity index (χ0n) is 9.75. The van der Waals surface area contributed by atoms with E-state index >= 15 is 0 Å². The van der Waals surface area contributed by atoms with E-state index in [2.05, 4.69) is 0 Å². The molecular formula is C11H14ClNO4S. The highest BCUT2D eigenvalue weighted by Gasteiger charge is 2.38. The second-order valence-corrected chi connectivity index (χ2v) is 6.63. The molecule has 1 aromatic carbocycles. The van der Waals surface area contributed by atoms with Crippen molar-refractivity contribution in [2.75, 3.05) is 13.1 Å². The summed E-state index contributed by atoms with van der Waals surface area (Å²) in [4.78, 5) is 0.108. The zero-order chi connectivity index (χ0) is 13.5. The van der Waals surface area contributed by atoms with Crippen LogP contribution in [0.3, 0.4) is 0 Å². The molecule has 0 spiro atoms. The maximum Gasteiger partial charge on any atom is 0.243 e. The number of nitrogens with zero attached hydrogens (tertiary/aromatic N) is 1. The third-order valence-corrected chi connectivity index (χ3v) is 5.45. The number of benzene rings is 1. The molecule has 1 saturated heterocycles. The van der Waals surface area contributed by atoms with Crippen LogP contribution in [0.1, 0.15) is 5.56 Å². The van der Waals surface area contributed by atoms with Crippen LogP contribution < -0.4 is 0 Å². The summed E-state index contributed by atoms with van der Waals surface area (Å²) in [5.74, 6) is 0. The molecule has 0 bridgehead atoms. The minimum atomic E-state index is -3.73. The number of β-amino-alcohol motifs (C(OH)–C–C–N with tert-alkyl or cyclic N) is 2. The Morgan fingerprint density at radius 1 is 1.28 bits per heavy atom. The quantitative estimate of drug-likeness (QED) is 0.825. The molecular weight excluding hydrogens is 278 g/mol. The van der Waals surface area contributed by atoms with Gasteiger partial charge >= 0.3 is 0 Å². The first kappa shape index (κ1) is 13.8. The second-order valence-electron chi connectivity index (χ2n) is 4.32. The highest BCUT2D eigenvalue weighted by atomic mass is 35.5. The van der Waals surface area contributed by atoms with Crippen LogP contribution in [0, 0.1) is 6.92 Å². The minimum absolute atomic E-state index is 0.102. The van der Waals surface area contributed by atoms with E-state index in [1.54, 1.807) is 19.1 Å². The molecule has 1 fully saturated rings. The van der Waals surface area contributed by atoms with Crippen molar-refractivity contribution in [1.82, 2.24) is 4.31 Å². The lowest BCUT2D eigenvalue weighted by Gasteiger charge is -2.17. The van der Waals surface area contributed by atoms with Gasteiger partial charge in [0.1, 0.15) is 0 Å². The molecule has 0 aromatic heterocycles. The largest absolute Gasteiger partial charge is 0.389 e. The number of aliphatic hydroxyl groups excluding tert-OH is 2. The third-order valence-electron chi connectivity index (χ3n) is 3.06. The molecule has 2 rings (SSSR count). The fraction of sp³-hybridized carbons (Fsp3) is 0.455. The number of sulfonamides is 1. The van der Waals surface area contributed by atoms with Crippen LogP contribution in [-0.4, -0.2) is 48.2 Å². The Labute approximate surface area is 111 Å². The van der Waals surface area contributed by atoms with Gasteiger partial charge in [-0.1, -0.05) is 17.7 Å². The Bertz CT molecular complexity index is 550. The monoisotopic (exact) mass is 291 g/mol. The molecule has 7 heteroatoms. The fourth-order valence-electron chi connectivity index (χ4n) is 1.94. The summed E-state index contributed by atoms with van der Waals surface area (Å²) in [6.45, 7) is 1.42. The van der Waals surface area contributed by atoms with Gasteiger partial charge in [-0.05, 0) is 24.6 Å². The van der Waals surface area contributed by atoms with Gasteiger partial charge in [0.15, 0.2) is 0 Å². The SMILES string of the molecule is Cc1c(Cl)cccc1S(=O)(=O)N1CC(O)C(O)C1. The van der Waals surface area contributed by atoms with E-state index in [9.17, 15) is 18.6 Å². The Hall–Kier alpha value is -0.660. The van der Waals surface area contributed by atoms with Crippen molar-refractivity contribution in [2.24, 2.45) is 0 Å². The normalized spacial score (nSPS) is 25.6. The fourth-order valence-corrected chi connectivity index (χ4v) is 3.89. The molecule has 100 valence electrons. The van der Waals surface area contributed by atoms with Gasteiger partial charge < -0.3 is 10.2 Å². The molecule has 2 N–H and O–H groups in total. The van der Waals surface area contributed by atoms with E-state index in [1.165, 1.54) is 6.07 Å². The summed E-state index contributed by atoms with van der Waals surface area (Å²) in [6.07, 6.45) is -2.08.